The predicted octanol–water partition coefficient (Wildman–Crippen LogP) is 5.64. The normalized spacial score (nSPS) is 11.0. The lowest BCUT2D eigenvalue weighted by Crippen LogP contribution is -1.97. The quantitative estimate of drug-likeness (QED) is 0.498. The van der Waals surface area contributed by atoms with Crippen LogP contribution in [0, 0.1) is 13.8 Å². The second kappa shape index (κ2) is 6.55. The van der Waals surface area contributed by atoms with Gasteiger partial charge in [0.15, 0.2) is 0 Å². The number of rotatable bonds is 4. The Labute approximate surface area is 159 Å². The van der Waals surface area contributed by atoms with E-state index in [1.807, 2.05) is 35.0 Å². The number of thiophene rings is 2. The van der Waals surface area contributed by atoms with Crippen LogP contribution in [0.2, 0.25) is 0 Å². The molecule has 0 aliphatic carbocycles. The highest BCUT2D eigenvalue weighted by atomic mass is 32.1. The van der Waals surface area contributed by atoms with E-state index in [4.69, 9.17) is 5.10 Å². The molecule has 130 valence electrons. The maximum Gasteiger partial charge on any atom is 0.336 e. The third-order valence-corrected chi connectivity index (χ3v) is 6.13. The SMILES string of the molecule is Cc1csc(-c2c(C)c(-c3ccccc3)nn2-c2cc(C(=O)O)cs2)c1. The molecule has 4 aromatic rings. The van der Waals surface area contributed by atoms with Crippen LogP contribution >= 0.6 is 22.7 Å². The van der Waals surface area contributed by atoms with Gasteiger partial charge < -0.3 is 5.11 Å². The van der Waals surface area contributed by atoms with E-state index in [0.29, 0.717) is 0 Å². The van der Waals surface area contributed by atoms with E-state index >= 15 is 0 Å². The monoisotopic (exact) mass is 380 g/mol. The van der Waals surface area contributed by atoms with Crippen molar-refractivity contribution in [1.82, 2.24) is 9.78 Å². The first-order chi connectivity index (χ1) is 12.5. The Morgan fingerprint density at radius 1 is 1.08 bits per heavy atom. The highest BCUT2D eigenvalue weighted by Gasteiger charge is 2.21. The molecule has 26 heavy (non-hydrogen) atoms. The van der Waals surface area contributed by atoms with Crippen LogP contribution in [-0.4, -0.2) is 20.9 Å². The Bertz CT molecular complexity index is 1090. The minimum atomic E-state index is -0.923. The summed E-state index contributed by atoms with van der Waals surface area (Å²) >= 11 is 3.06. The van der Waals surface area contributed by atoms with Crippen LogP contribution in [0.1, 0.15) is 21.5 Å². The molecule has 3 heterocycles. The van der Waals surface area contributed by atoms with Gasteiger partial charge in [-0.3, -0.25) is 0 Å². The molecule has 4 rings (SSSR count). The van der Waals surface area contributed by atoms with Gasteiger partial charge in [0.25, 0.3) is 0 Å². The second-order valence-electron chi connectivity index (χ2n) is 6.07. The molecule has 0 saturated carbocycles. The van der Waals surface area contributed by atoms with Crippen molar-refractivity contribution in [2.24, 2.45) is 0 Å². The van der Waals surface area contributed by atoms with Gasteiger partial charge in [0.1, 0.15) is 5.00 Å². The fraction of sp³-hybridized carbons (Fsp3) is 0.100. The van der Waals surface area contributed by atoms with Crippen molar-refractivity contribution in [3.05, 3.63) is 69.9 Å². The van der Waals surface area contributed by atoms with E-state index < -0.39 is 5.97 Å². The van der Waals surface area contributed by atoms with Crippen molar-refractivity contribution in [2.45, 2.75) is 13.8 Å². The Hall–Kier alpha value is -2.70. The lowest BCUT2D eigenvalue weighted by Gasteiger charge is -2.03. The van der Waals surface area contributed by atoms with E-state index in [1.165, 1.54) is 16.9 Å². The topological polar surface area (TPSA) is 55.1 Å². The van der Waals surface area contributed by atoms with Crippen LogP contribution in [0.15, 0.2) is 53.2 Å². The molecule has 4 nitrogen and oxygen atoms in total. The molecule has 1 aromatic carbocycles. The Morgan fingerprint density at radius 2 is 1.85 bits per heavy atom. The molecule has 0 bridgehead atoms. The third kappa shape index (κ3) is 2.87. The number of nitrogens with zero attached hydrogens (tertiary/aromatic N) is 2. The zero-order valence-electron chi connectivity index (χ0n) is 14.3. The summed E-state index contributed by atoms with van der Waals surface area (Å²) in [6, 6.07) is 13.9. The average molecular weight is 380 g/mol. The summed E-state index contributed by atoms with van der Waals surface area (Å²) in [5.74, 6) is -0.923. The zero-order chi connectivity index (χ0) is 18.3. The maximum absolute atomic E-state index is 11.3. The molecular weight excluding hydrogens is 364 g/mol. The largest absolute Gasteiger partial charge is 0.478 e. The van der Waals surface area contributed by atoms with Gasteiger partial charge in [-0.15, -0.1) is 22.7 Å². The lowest BCUT2D eigenvalue weighted by molar-refractivity contribution is 0.0697. The third-order valence-electron chi connectivity index (χ3n) is 4.17. The summed E-state index contributed by atoms with van der Waals surface area (Å²) < 4.78 is 1.88. The van der Waals surface area contributed by atoms with Crippen molar-refractivity contribution in [3.63, 3.8) is 0 Å². The average Bonchev–Trinajstić information content (AvgIpc) is 3.34. The van der Waals surface area contributed by atoms with E-state index in [0.717, 1.165) is 32.4 Å². The molecule has 0 aliphatic rings. The fourth-order valence-electron chi connectivity index (χ4n) is 2.92. The molecular formula is C20H16N2O2S2. The minimum absolute atomic E-state index is 0.285. The summed E-state index contributed by atoms with van der Waals surface area (Å²) in [6.45, 7) is 4.14. The molecule has 1 N–H and O–H groups in total. The molecule has 0 saturated heterocycles. The van der Waals surface area contributed by atoms with E-state index in [9.17, 15) is 9.90 Å². The molecule has 0 atom stereocenters. The van der Waals surface area contributed by atoms with Crippen molar-refractivity contribution in [1.29, 1.82) is 0 Å². The molecule has 0 unspecified atom stereocenters. The number of carbonyl (C=O) groups is 1. The van der Waals surface area contributed by atoms with E-state index in [1.54, 1.807) is 22.8 Å². The number of aromatic carboxylic acids is 1. The summed E-state index contributed by atoms with van der Waals surface area (Å²) in [6.07, 6.45) is 0. The van der Waals surface area contributed by atoms with Crippen molar-refractivity contribution < 1.29 is 9.90 Å². The van der Waals surface area contributed by atoms with Crippen molar-refractivity contribution in [2.75, 3.05) is 0 Å². The molecule has 6 heteroatoms. The van der Waals surface area contributed by atoms with Gasteiger partial charge in [0.05, 0.1) is 21.8 Å². The van der Waals surface area contributed by atoms with Gasteiger partial charge in [-0.05, 0) is 36.9 Å². The highest BCUT2D eigenvalue weighted by molar-refractivity contribution is 7.14. The van der Waals surface area contributed by atoms with E-state index in [-0.39, 0.29) is 5.56 Å². The first-order valence-corrected chi connectivity index (χ1v) is 9.83. The summed E-state index contributed by atoms with van der Waals surface area (Å²) in [5.41, 5.74) is 5.55. The number of aryl methyl sites for hydroxylation is 1. The first-order valence-electron chi connectivity index (χ1n) is 8.07. The standard InChI is InChI=1S/C20H16N2O2S2/c1-12-8-16(25-10-12)19-13(2)18(14-6-4-3-5-7-14)21-22(19)17-9-15(11-26-17)20(23)24/h3-11H,1-2H3,(H,23,24). The lowest BCUT2D eigenvalue weighted by atomic mass is 10.1. The number of hydrogen-bond acceptors (Lipinski definition) is 4. The minimum Gasteiger partial charge on any atom is -0.478 e. The molecule has 0 spiro atoms. The highest BCUT2D eigenvalue weighted by Crippen LogP contribution is 2.37. The summed E-state index contributed by atoms with van der Waals surface area (Å²) in [7, 11) is 0. The summed E-state index contributed by atoms with van der Waals surface area (Å²) in [5, 5.41) is 18.7. The van der Waals surface area contributed by atoms with Gasteiger partial charge in [-0.2, -0.15) is 5.10 Å². The first kappa shape index (κ1) is 16.8. The van der Waals surface area contributed by atoms with Crippen LogP contribution in [0.5, 0.6) is 0 Å². The molecule has 0 amide bonds. The number of carboxylic acid groups (broad SMARTS) is 1. The van der Waals surface area contributed by atoms with Crippen LogP contribution in [0.25, 0.3) is 26.8 Å². The van der Waals surface area contributed by atoms with Gasteiger partial charge in [-0.1, -0.05) is 30.3 Å². The van der Waals surface area contributed by atoms with Gasteiger partial charge >= 0.3 is 5.97 Å². The van der Waals surface area contributed by atoms with Gasteiger partial charge in [0.2, 0.25) is 0 Å². The zero-order valence-corrected chi connectivity index (χ0v) is 15.9. The van der Waals surface area contributed by atoms with Gasteiger partial charge in [0, 0.05) is 16.5 Å². The van der Waals surface area contributed by atoms with Gasteiger partial charge in [-0.25, -0.2) is 9.48 Å². The predicted molar refractivity (Wildman–Crippen MR) is 107 cm³/mol. The Morgan fingerprint density at radius 3 is 2.46 bits per heavy atom. The number of carboxylic acids is 1. The van der Waals surface area contributed by atoms with E-state index in [2.05, 4.69) is 25.3 Å². The fourth-order valence-corrected chi connectivity index (χ4v) is 4.75. The number of benzene rings is 1. The number of hydrogen-bond donors (Lipinski definition) is 1. The maximum atomic E-state index is 11.3. The van der Waals surface area contributed by atoms with Crippen LogP contribution in [0.4, 0.5) is 0 Å². The summed E-state index contributed by atoms with van der Waals surface area (Å²) in [4.78, 5) is 12.4. The molecule has 0 aliphatic heterocycles. The Kier molecular flexibility index (Phi) is 4.22. The van der Waals surface area contributed by atoms with Crippen LogP contribution in [-0.2, 0) is 0 Å². The number of aromatic nitrogens is 2. The van der Waals surface area contributed by atoms with Crippen molar-refractivity contribution >= 4 is 28.6 Å². The molecule has 0 fully saturated rings. The van der Waals surface area contributed by atoms with Crippen LogP contribution < -0.4 is 0 Å². The van der Waals surface area contributed by atoms with Crippen molar-refractivity contribution in [3.8, 4) is 26.8 Å². The smallest absolute Gasteiger partial charge is 0.336 e. The van der Waals surface area contributed by atoms with Crippen LogP contribution in [0.3, 0.4) is 0 Å². The second-order valence-corrected chi connectivity index (χ2v) is 7.87. The molecule has 3 aromatic heterocycles. The Balaban J connectivity index is 1.95. The molecule has 0 radical (unpaired) electrons.